The van der Waals surface area contributed by atoms with Crippen LogP contribution in [0.25, 0.3) is 0 Å². The van der Waals surface area contributed by atoms with Gasteiger partial charge in [0.15, 0.2) is 6.10 Å². The number of carboxylic acids is 1. The number of nitrogens with zero attached hydrogens (tertiary/aromatic N) is 2. The van der Waals surface area contributed by atoms with E-state index in [0.717, 1.165) is 0 Å². The van der Waals surface area contributed by atoms with E-state index in [1.54, 1.807) is 24.0 Å². The molecule has 1 atom stereocenters. The van der Waals surface area contributed by atoms with Crippen molar-refractivity contribution >= 4 is 17.3 Å². The number of morpholine rings is 1. The molecule has 0 aliphatic carbocycles. The molecule has 0 spiro atoms. The molecule has 0 amide bonds. The van der Waals surface area contributed by atoms with Crippen LogP contribution < -0.4 is 4.90 Å². The molecule has 7 nitrogen and oxygen atoms in total. The average molecular weight is 266 g/mol. The summed E-state index contributed by atoms with van der Waals surface area (Å²) in [5.41, 5.74) is 1.26. The van der Waals surface area contributed by atoms with E-state index < -0.39 is 17.0 Å². The normalized spacial score (nSPS) is 19.2. The first-order valence-electron chi connectivity index (χ1n) is 5.83. The van der Waals surface area contributed by atoms with Crippen LogP contribution in [0.5, 0.6) is 0 Å². The number of carbonyl (C=O) groups is 1. The summed E-state index contributed by atoms with van der Waals surface area (Å²) in [4.78, 5) is 23.1. The molecule has 0 bridgehead atoms. The van der Waals surface area contributed by atoms with Gasteiger partial charge in [-0.05, 0) is 13.0 Å². The van der Waals surface area contributed by atoms with E-state index in [-0.39, 0.29) is 12.2 Å². The van der Waals surface area contributed by atoms with E-state index in [2.05, 4.69) is 0 Å². The van der Waals surface area contributed by atoms with Gasteiger partial charge in [-0.2, -0.15) is 0 Å². The number of aliphatic carboxylic acids is 1. The molecule has 0 saturated carbocycles. The number of nitro groups is 1. The molecule has 1 aliphatic heterocycles. The summed E-state index contributed by atoms with van der Waals surface area (Å²) in [5.74, 6) is -1.02. The molecule has 1 unspecified atom stereocenters. The van der Waals surface area contributed by atoms with Crippen LogP contribution in [0.3, 0.4) is 0 Å². The molecule has 1 heterocycles. The third-order valence-corrected chi connectivity index (χ3v) is 3.10. The summed E-state index contributed by atoms with van der Waals surface area (Å²) in [6.45, 7) is 2.67. The Balaban J connectivity index is 2.24. The van der Waals surface area contributed by atoms with Crippen molar-refractivity contribution < 1.29 is 19.6 Å². The minimum absolute atomic E-state index is 0.0378. The molecular weight excluding hydrogens is 252 g/mol. The van der Waals surface area contributed by atoms with Crippen LogP contribution in [-0.4, -0.2) is 41.8 Å². The molecule has 1 fully saturated rings. The fraction of sp³-hybridized carbons (Fsp3) is 0.417. The largest absolute Gasteiger partial charge is 0.479 e. The maximum atomic E-state index is 10.9. The van der Waals surface area contributed by atoms with Crippen LogP contribution in [0.2, 0.25) is 0 Å². The number of aryl methyl sites for hydroxylation is 1. The molecule has 1 aliphatic rings. The van der Waals surface area contributed by atoms with Gasteiger partial charge in [0.2, 0.25) is 0 Å². The number of rotatable bonds is 3. The average Bonchev–Trinajstić information content (AvgIpc) is 2.39. The van der Waals surface area contributed by atoms with Crippen LogP contribution in [0.1, 0.15) is 5.56 Å². The van der Waals surface area contributed by atoms with Gasteiger partial charge in [-0.1, -0.05) is 6.07 Å². The van der Waals surface area contributed by atoms with Gasteiger partial charge in [0, 0.05) is 23.9 Å². The standard InChI is InChI=1S/C12H14N2O5/c1-8-2-3-9(6-10(8)14(17)18)13-4-5-19-11(7-13)12(15)16/h2-3,6,11H,4-5,7H2,1H3,(H,15,16). The zero-order valence-corrected chi connectivity index (χ0v) is 10.4. The van der Waals surface area contributed by atoms with Gasteiger partial charge in [0.05, 0.1) is 18.1 Å². The molecule has 1 N–H and O–H groups in total. The third kappa shape index (κ3) is 2.82. The molecule has 1 saturated heterocycles. The second-order valence-electron chi connectivity index (χ2n) is 4.37. The maximum absolute atomic E-state index is 10.9. The number of ether oxygens (including phenoxy) is 1. The van der Waals surface area contributed by atoms with E-state index in [1.807, 2.05) is 0 Å². The van der Waals surface area contributed by atoms with Crippen molar-refractivity contribution in [1.29, 1.82) is 0 Å². The fourth-order valence-electron chi connectivity index (χ4n) is 2.02. The topological polar surface area (TPSA) is 92.9 Å². The smallest absolute Gasteiger partial charge is 0.334 e. The summed E-state index contributed by atoms with van der Waals surface area (Å²) >= 11 is 0. The van der Waals surface area contributed by atoms with E-state index in [1.165, 1.54) is 6.07 Å². The second kappa shape index (κ2) is 5.23. The van der Waals surface area contributed by atoms with Crippen molar-refractivity contribution in [2.24, 2.45) is 0 Å². The van der Waals surface area contributed by atoms with Crippen LogP contribution in [0.15, 0.2) is 18.2 Å². The van der Waals surface area contributed by atoms with Crippen LogP contribution in [0, 0.1) is 17.0 Å². The monoisotopic (exact) mass is 266 g/mol. The highest BCUT2D eigenvalue weighted by Gasteiger charge is 2.27. The lowest BCUT2D eigenvalue weighted by molar-refractivity contribution is -0.385. The molecule has 0 aromatic heterocycles. The highest BCUT2D eigenvalue weighted by Crippen LogP contribution is 2.26. The lowest BCUT2D eigenvalue weighted by Gasteiger charge is -2.32. The Morgan fingerprint density at radius 2 is 2.32 bits per heavy atom. The van der Waals surface area contributed by atoms with Gasteiger partial charge in [0.25, 0.3) is 5.69 Å². The van der Waals surface area contributed by atoms with Gasteiger partial charge in [-0.3, -0.25) is 10.1 Å². The molecular formula is C12H14N2O5. The minimum Gasteiger partial charge on any atom is -0.479 e. The van der Waals surface area contributed by atoms with Crippen LogP contribution in [-0.2, 0) is 9.53 Å². The lowest BCUT2D eigenvalue weighted by atomic mass is 10.1. The van der Waals surface area contributed by atoms with Gasteiger partial charge >= 0.3 is 5.97 Å². The Hall–Kier alpha value is -2.15. The summed E-state index contributed by atoms with van der Waals surface area (Å²) in [7, 11) is 0. The summed E-state index contributed by atoms with van der Waals surface area (Å²) < 4.78 is 5.12. The predicted molar refractivity (Wildman–Crippen MR) is 67.4 cm³/mol. The first-order chi connectivity index (χ1) is 8.99. The van der Waals surface area contributed by atoms with Crippen molar-refractivity contribution in [3.63, 3.8) is 0 Å². The van der Waals surface area contributed by atoms with Crippen LogP contribution in [0.4, 0.5) is 11.4 Å². The summed E-state index contributed by atoms with van der Waals surface area (Å²) in [6.07, 6.45) is -0.894. The first kappa shape index (κ1) is 13.3. The predicted octanol–water partition coefficient (Wildman–Crippen LogP) is 1.19. The van der Waals surface area contributed by atoms with Crippen molar-refractivity contribution in [2.45, 2.75) is 13.0 Å². The molecule has 7 heteroatoms. The van der Waals surface area contributed by atoms with Crippen LogP contribution >= 0.6 is 0 Å². The van der Waals surface area contributed by atoms with Gasteiger partial charge in [-0.15, -0.1) is 0 Å². The van der Waals surface area contributed by atoms with Crippen molar-refractivity contribution in [1.82, 2.24) is 0 Å². The number of nitro benzene ring substituents is 1. The third-order valence-electron chi connectivity index (χ3n) is 3.10. The van der Waals surface area contributed by atoms with Gasteiger partial charge in [-0.25, -0.2) is 4.79 Å². The second-order valence-corrected chi connectivity index (χ2v) is 4.37. The first-order valence-corrected chi connectivity index (χ1v) is 5.83. The Labute approximate surface area is 109 Å². The highest BCUT2D eigenvalue weighted by molar-refractivity contribution is 5.73. The Kier molecular flexibility index (Phi) is 3.66. The molecule has 1 aromatic carbocycles. The van der Waals surface area contributed by atoms with Crippen molar-refractivity contribution in [3.8, 4) is 0 Å². The quantitative estimate of drug-likeness (QED) is 0.652. The summed E-state index contributed by atoms with van der Waals surface area (Å²) in [6, 6.07) is 4.89. The number of anilines is 1. The maximum Gasteiger partial charge on any atom is 0.334 e. The number of carboxylic acid groups (broad SMARTS) is 1. The fourth-order valence-corrected chi connectivity index (χ4v) is 2.02. The Bertz CT molecular complexity index is 517. The summed E-state index contributed by atoms with van der Waals surface area (Å²) in [5, 5.41) is 19.8. The molecule has 19 heavy (non-hydrogen) atoms. The highest BCUT2D eigenvalue weighted by atomic mass is 16.6. The molecule has 0 radical (unpaired) electrons. The van der Waals surface area contributed by atoms with Gasteiger partial charge in [0.1, 0.15) is 0 Å². The van der Waals surface area contributed by atoms with E-state index in [0.29, 0.717) is 24.4 Å². The lowest BCUT2D eigenvalue weighted by Crippen LogP contribution is -2.46. The van der Waals surface area contributed by atoms with Crippen molar-refractivity contribution in [3.05, 3.63) is 33.9 Å². The zero-order chi connectivity index (χ0) is 14.0. The van der Waals surface area contributed by atoms with E-state index in [4.69, 9.17) is 9.84 Å². The van der Waals surface area contributed by atoms with E-state index >= 15 is 0 Å². The van der Waals surface area contributed by atoms with Crippen molar-refractivity contribution in [2.75, 3.05) is 24.6 Å². The minimum atomic E-state index is -1.02. The molecule has 102 valence electrons. The Morgan fingerprint density at radius 3 is 2.95 bits per heavy atom. The number of benzene rings is 1. The number of hydrogen-bond donors (Lipinski definition) is 1. The SMILES string of the molecule is Cc1ccc(N2CCOC(C(=O)O)C2)cc1[N+](=O)[O-]. The van der Waals surface area contributed by atoms with Gasteiger partial charge < -0.3 is 14.7 Å². The zero-order valence-electron chi connectivity index (χ0n) is 10.4. The molecule has 1 aromatic rings. The number of hydrogen-bond acceptors (Lipinski definition) is 5. The Morgan fingerprint density at radius 1 is 1.58 bits per heavy atom. The van der Waals surface area contributed by atoms with E-state index in [9.17, 15) is 14.9 Å². The molecule has 2 rings (SSSR count).